The third-order valence-corrected chi connectivity index (χ3v) is 7.80. The van der Waals surface area contributed by atoms with Crippen LogP contribution in [0.3, 0.4) is 0 Å². The average Bonchev–Trinajstić information content (AvgIpc) is 3.34. The van der Waals surface area contributed by atoms with Gasteiger partial charge in [-0.05, 0) is 54.8 Å². The Morgan fingerprint density at radius 1 is 0.727 bits per heavy atom. The van der Waals surface area contributed by atoms with Crippen molar-refractivity contribution in [3.05, 3.63) is 108 Å². The molecular weight excluding hydrogens is 400 g/mol. The Morgan fingerprint density at radius 2 is 1.39 bits per heavy atom. The van der Waals surface area contributed by atoms with Crippen LogP contribution in [0, 0.1) is 0 Å². The molecule has 1 aliphatic carbocycles. The monoisotopic (exact) mass is 432 g/mol. The number of hydrogen-bond donors (Lipinski definition) is 0. The van der Waals surface area contributed by atoms with E-state index in [9.17, 15) is 0 Å². The van der Waals surface area contributed by atoms with E-state index in [1.54, 1.807) is 0 Å². The summed E-state index contributed by atoms with van der Waals surface area (Å²) < 4.78 is 0. The molecule has 2 heteroatoms. The minimum absolute atomic E-state index is 0.336. The molecule has 6 rings (SSSR count). The van der Waals surface area contributed by atoms with E-state index in [-0.39, 0.29) is 0 Å². The van der Waals surface area contributed by atoms with E-state index in [1.165, 1.54) is 53.1 Å². The molecule has 0 amide bonds. The zero-order chi connectivity index (χ0) is 22.4. The highest BCUT2D eigenvalue weighted by molar-refractivity contribution is 5.80. The van der Waals surface area contributed by atoms with Crippen LogP contribution >= 0.6 is 0 Å². The number of rotatable bonds is 5. The summed E-state index contributed by atoms with van der Waals surface area (Å²) in [4.78, 5) is 5.11. The summed E-state index contributed by atoms with van der Waals surface area (Å²) in [7, 11) is 0. The van der Waals surface area contributed by atoms with Crippen LogP contribution in [0.25, 0.3) is 0 Å². The zero-order valence-electron chi connectivity index (χ0n) is 19.6. The molecule has 0 radical (unpaired) electrons. The standard InChI is InChI=1S/C31H32N2/c1-3-4-14-25-22(2)32(29-18-8-5-15-26(25)29)23-12-11-13-24(21-23)33-30-19-9-6-16-27(30)28-17-7-10-20-31(28)33/h5-13,15-22,25,27,30H,3-4,14H2,1-2H3/t22?,25?,27-,30?/m1/s1. The highest BCUT2D eigenvalue weighted by atomic mass is 15.2. The Morgan fingerprint density at radius 3 is 2.18 bits per heavy atom. The molecule has 0 fully saturated rings. The molecule has 3 unspecified atom stereocenters. The lowest BCUT2D eigenvalue weighted by Gasteiger charge is -2.31. The van der Waals surface area contributed by atoms with E-state index >= 15 is 0 Å². The molecule has 3 aliphatic rings. The van der Waals surface area contributed by atoms with Crippen LogP contribution < -0.4 is 9.80 Å². The molecular formula is C31H32N2. The van der Waals surface area contributed by atoms with Gasteiger partial charge in [-0.15, -0.1) is 0 Å². The second-order valence-electron chi connectivity index (χ2n) is 9.65. The maximum Gasteiger partial charge on any atom is 0.0629 e. The first-order valence-corrected chi connectivity index (χ1v) is 12.5. The van der Waals surface area contributed by atoms with Gasteiger partial charge in [0, 0.05) is 40.6 Å². The maximum absolute atomic E-state index is 2.58. The lowest BCUT2D eigenvalue weighted by atomic mass is 9.91. The Balaban J connectivity index is 1.41. The van der Waals surface area contributed by atoms with Gasteiger partial charge in [-0.25, -0.2) is 0 Å². The first kappa shape index (κ1) is 20.4. The van der Waals surface area contributed by atoms with Gasteiger partial charge in [0.2, 0.25) is 0 Å². The zero-order valence-corrected chi connectivity index (χ0v) is 19.6. The van der Waals surface area contributed by atoms with Crippen LogP contribution in [0.4, 0.5) is 22.7 Å². The molecule has 0 bridgehead atoms. The topological polar surface area (TPSA) is 6.48 Å². The molecule has 2 heterocycles. The number of anilines is 4. The number of para-hydroxylation sites is 2. The van der Waals surface area contributed by atoms with Gasteiger partial charge in [-0.1, -0.05) is 86.5 Å². The lowest BCUT2D eigenvalue weighted by molar-refractivity contribution is 0.530. The number of unbranched alkanes of at least 4 members (excludes halogenated alkanes) is 1. The molecule has 2 aliphatic heterocycles. The smallest absolute Gasteiger partial charge is 0.0629 e. The third-order valence-electron chi connectivity index (χ3n) is 7.80. The van der Waals surface area contributed by atoms with Gasteiger partial charge >= 0.3 is 0 Å². The molecule has 0 aromatic heterocycles. The van der Waals surface area contributed by atoms with Gasteiger partial charge in [0.15, 0.2) is 0 Å². The highest BCUT2D eigenvalue weighted by Crippen LogP contribution is 2.50. The molecule has 0 saturated heterocycles. The Hall–Kier alpha value is -3.26. The van der Waals surface area contributed by atoms with Crippen LogP contribution in [-0.2, 0) is 0 Å². The molecule has 0 N–H and O–H groups in total. The lowest BCUT2D eigenvalue weighted by Crippen LogP contribution is -2.29. The van der Waals surface area contributed by atoms with Gasteiger partial charge in [-0.3, -0.25) is 0 Å². The summed E-state index contributed by atoms with van der Waals surface area (Å²) in [6, 6.07) is 27.9. The summed E-state index contributed by atoms with van der Waals surface area (Å²) in [5, 5.41) is 0. The van der Waals surface area contributed by atoms with Crippen molar-refractivity contribution in [2.75, 3.05) is 9.80 Å². The Labute approximate surface area is 197 Å². The van der Waals surface area contributed by atoms with Crippen LogP contribution in [0.1, 0.15) is 56.1 Å². The van der Waals surface area contributed by atoms with Crippen molar-refractivity contribution in [3.8, 4) is 0 Å². The van der Waals surface area contributed by atoms with Gasteiger partial charge < -0.3 is 9.80 Å². The molecule has 33 heavy (non-hydrogen) atoms. The van der Waals surface area contributed by atoms with E-state index < -0.39 is 0 Å². The second-order valence-corrected chi connectivity index (χ2v) is 9.65. The first-order valence-electron chi connectivity index (χ1n) is 12.5. The predicted molar refractivity (Wildman–Crippen MR) is 140 cm³/mol. The molecule has 0 spiro atoms. The fourth-order valence-electron chi connectivity index (χ4n) is 6.26. The highest BCUT2D eigenvalue weighted by Gasteiger charge is 2.38. The quantitative estimate of drug-likeness (QED) is 0.400. The van der Waals surface area contributed by atoms with Crippen molar-refractivity contribution in [1.82, 2.24) is 0 Å². The van der Waals surface area contributed by atoms with Gasteiger partial charge in [0.25, 0.3) is 0 Å². The molecule has 4 atom stereocenters. The van der Waals surface area contributed by atoms with Gasteiger partial charge in [0.1, 0.15) is 0 Å². The number of fused-ring (bicyclic) bond motifs is 4. The average molecular weight is 433 g/mol. The fraction of sp³-hybridized carbons (Fsp3) is 0.290. The molecule has 2 nitrogen and oxygen atoms in total. The van der Waals surface area contributed by atoms with Crippen molar-refractivity contribution >= 4 is 22.7 Å². The minimum Gasteiger partial charge on any atom is -0.338 e. The third kappa shape index (κ3) is 3.23. The van der Waals surface area contributed by atoms with Gasteiger partial charge in [-0.2, -0.15) is 0 Å². The second kappa shape index (κ2) is 8.26. The van der Waals surface area contributed by atoms with Crippen LogP contribution in [0.15, 0.2) is 97.1 Å². The molecule has 3 aromatic carbocycles. The summed E-state index contributed by atoms with van der Waals surface area (Å²) in [5.74, 6) is 1.01. The molecule has 166 valence electrons. The molecule has 0 saturated carbocycles. The van der Waals surface area contributed by atoms with E-state index in [1.807, 2.05) is 0 Å². The van der Waals surface area contributed by atoms with Gasteiger partial charge in [0.05, 0.1) is 6.04 Å². The van der Waals surface area contributed by atoms with Crippen molar-refractivity contribution < 1.29 is 0 Å². The van der Waals surface area contributed by atoms with Crippen LogP contribution in [0.2, 0.25) is 0 Å². The number of benzene rings is 3. The fourth-order valence-corrected chi connectivity index (χ4v) is 6.26. The summed E-state index contributed by atoms with van der Waals surface area (Å²) >= 11 is 0. The maximum atomic E-state index is 2.58. The number of allylic oxidation sites excluding steroid dienone is 2. The first-order chi connectivity index (χ1) is 16.3. The summed E-state index contributed by atoms with van der Waals surface area (Å²) in [6.07, 6.45) is 12.9. The van der Waals surface area contributed by atoms with E-state index in [4.69, 9.17) is 0 Å². The van der Waals surface area contributed by atoms with E-state index in [0.29, 0.717) is 23.9 Å². The Kier molecular flexibility index (Phi) is 5.10. The van der Waals surface area contributed by atoms with Crippen molar-refractivity contribution in [3.63, 3.8) is 0 Å². The van der Waals surface area contributed by atoms with Crippen LogP contribution in [-0.4, -0.2) is 12.1 Å². The summed E-state index contributed by atoms with van der Waals surface area (Å²) in [6.45, 7) is 4.70. The van der Waals surface area contributed by atoms with Crippen molar-refractivity contribution in [2.24, 2.45) is 0 Å². The normalized spacial score (nSPS) is 24.7. The largest absolute Gasteiger partial charge is 0.338 e. The minimum atomic E-state index is 0.336. The predicted octanol–water partition coefficient (Wildman–Crippen LogP) is 8.23. The number of hydrogen-bond acceptors (Lipinski definition) is 2. The van der Waals surface area contributed by atoms with E-state index in [2.05, 4.69) is 121 Å². The summed E-state index contributed by atoms with van der Waals surface area (Å²) in [5.41, 5.74) is 8.21. The number of nitrogens with zero attached hydrogens (tertiary/aromatic N) is 2. The SMILES string of the molecule is CCCCC1c2ccccc2N(c2cccc(N3c4ccccc4[C@H]4C=CC=CC43)c2)C1C. The van der Waals surface area contributed by atoms with E-state index in [0.717, 1.165) is 0 Å². The van der Waals surface area contributed by atoms with Crippen molar-refractivity contribution in [2.45, 2.75) is 57.0 Å². The molecule has 3 aromatic rings. The Bertz CT molecular complexity index is 1220. The van der Waals surface area contributed by atoms with Crippen molar-refractivity contribution in [1.29, 1.82) is 0 Å². The van der Waals surface area contributed by atoms with Crippen LogP contribution in [0.5, 0.6) is 0 Å².